The highest BCUT2D eigenvalue weighted by atomic mass is 16.5. The number of hydrogen-bond acceptors (Lipinski definition) is 3. The Balaban J connectivity index is 3.73. The van der Waals surface area contributed by atoms with Crippen LogP contribution in [0.3, 0.4) is 0 Å². The molecule has 0 aromatic heterocycles. The van der Waals surface area contributed by atoms with Crippen molar-refractivity contribution in [2.24, 2.45) is 5.92 Å². The van der Waals surface area contributed by atoms with Crippen molar-refractivity contribution < 1.29 is 14.3 Å². The lowest BCUT2D eigenvalue weighted by Gasteiger charge is -2.15. The molecule has 1 amide bonds. The molecule has 4 nitrogen and oxygen atoms in total. The van der Waals surface area contributed by atoms with Crippen molar-refractivity contribution in [3.63, 3.8) is 0 Å². The van der Waals surface area contributed by atoms with E-state index in [1.165, 1.54) is 0 Å². The van der Waals surface area contributed by atoms with Crippen LogP contribution in [-0.4, -0.2) is 25.0 Å². The number of carbonyl (C=O) groups excluding carboxylic acids is 2. The van der Waals surface area contributed by atoms with Crippen LogP contribution in [0.4, 0.5) is 4.79 Å². The van der Waals surface area contributed by atoms with E-state index in [2.05, 4.69) is 5.32 Å². The van der Waals surface area contributed by atoms with Gasteiger partial charge < -0.3 is 14.8 Å². The van der Waals surface area contributed by atoms with Crippen LogP contribution in [0.1, 0.15) is 33.6 Å². The summed E-state index contributed by atoms with van der Waals surface area (Å²) in [7, 11) is 0. The van der Waals surface area contributed by atoms with Crippen LogP contribution in [0.25, 0.3) is 0 Å². The van der Waals surface area contributed by atoms with Crippen molar-refractivity contribution in [2.45, 2.75) is 39.7 Å². The predicted octanol–water partition coefficient (Wildman–Crippen LogP) is 1.74. The Morgan fingerprint density at radius 3 is 2.57 bits per heavy atom. The summed E-state index contributed by atoms with van der Waals surface area (Å²) in [6.45, 7) is 6.16. The van der Waals surface area contributed by atoms with Crippen molar-refractivity contribution in [1.82, 2.24) is 5.32 Å². The first-order valence-electron chi connectivity index (χ1n) is 5.00. The molecule has 0 saturated carbocycles. The van der Waals surface area contributed by atoms with Gasteiger partial charge in [-0.2, -0.15) is 0 Å². The summed E-state index contributed by atoms with van der Waals surface area (Å²) in [5.74, 6) is 0.0891. The summed E-state index contributed by atoms with van der Waals surface area (Å²) < 4.78 is 4.86. The number of carbonyl (C=O) groups is 2. The lowest BCUT2D eigenvalue weighted by atomic mass is 10.1. The monoisotopic (exact) mass is 201 g/mol. The Hall–Kier alpha value is -1.06. The van der Waals surface area contributed by atoms with E-state index >= 15 is 0 Å². The maximum Gasteiger partial charge on any atom is 0.407 e. The molecule has 1 atom stereocenters. The lowest BCUT2D eigenvalue weighted by molar-refractivity contribution is -0.110. The first-order valence-corrected chi connectivity index (χ1v) is 5.00. The van der Waals surface area contributed by atoms with Crippen LogP contribution in [0.2, 0.25) is 0 Å². The second-order valence-electron chi connectivity index (χ2n) is 3.54. The number of hydrogen-bond donors (Lipinski definition) is 1. The molecule has 0 heterocycles. The largest absolute Gasteiger partial charge is 0.450 e. The highest BCUT2D eigenvalue weighted by molar-refractivity contribution is 5.73. The van der Waals surface area contributed by atoms with Crippen molar-refractivity contribution in [3.8, 4) is 0 Å². The van der Waals surface area contributed by atoms with Gasteiger partial charge in [0.15, 0.2) is 0 Å². The summed E-state index contributed by atoms with van der Waals surface area (Å²) in [5, 5.41) is 2.50. The first-order chi connectivity index (χ1) is 6.61. The van der Waals surface area contributed by atoms with Gasteiger partial charge in [-0.05, 0) is 12.3 Å². The molecule has 0 aromatic rings. The number of amides is 1. The van der Waals surface area contributed by atoms with E-state index in [4.69, 9.17) is 4.74 Å². The highest BCUT2D eigenvalue weighted by Gasteiger charge is 2.15. The van der Waals surface area contributed by atoms with Gasteiger partial charge in [0.05, 0.1) is 12.6 Å². The van der Waals surface area contributed by atoms with Crippen molar-refractivity contribution >= 4 is 12.4 Å². The molecule has 0 aliphatic carbocycles. The zero-order valence-corrected chi connectivity index (χ0v) is 9.08. The normalized spacial score (nSPS) is 12.3. The van der Waals surface area contributed by atoms with E-state index in [1.807, 2.05) is 20.8 Å². The van der Waals surface area contributed by atoms with Gasteiger partial charge in [0.1, 0.15) is 6.29 Å². The molecule has 14 heavy (non-hydrogen) atoms. The summed E-state index contributed by atoms with van der Waals surface area (Å²) >= 11 is 0. The number of unbranched alkanes of at least 4 members (excludes halogenated alkanes) is 1. The third-order valence-electron chi connectivity index (χ3n) is 1.88. The molecule has 4 heteroatoms. The molecular formula is C10H19NO3. The van der Waals surface area contributed by atoms with Crippen LogP contribution >= 0.6 is 0 Å². The van der Waals surface area contributed by atoms with Gasteiger partial charge in [0, 0.05) is 0 Å². The average molecular weight is 201 g/mol. The van der Waals surface area contributed by atoms with Gasteiger partial charge in [-0.25, -0.2) is 4.79 Å². The second-order valence-corrected chi connectivity index (χ2v) is 3.54. The van der Waals surface area contributed by atoms with Crippen LogP contribution in [0.5, 0.6) is 0 Å². The highest BCUT2D eigenvalue weighted by Crippen LogP contribution is 1.98. The average Bonchev–Trinajstić information content (AvgIpc) is 2.14. The third-order valence-corrected chi connectivity index (χ3v) is 1.88. The molecule has 0 aromatic carbocycles. The van der Waals surface area contributed by atoms with Gasteiger partial charge in [0.2, 0.25) is 0 Å². The quantitative estimate of drug-likeness (QED) is 0.526. The maximum atomic E-state index is 11.1. The van der Waals surface area contributed by atoms with Crippen LogP contribution in [-0.2, 0) is 9.53 Å². The van der Waals surface area contributed by atoms with E-state index in [9.17, 15) is 9.59 Å². The SMILES string of the molecule is CCCCOC(=O)NC(C=O)C(C)C. The zero-order chi connectivity index (χ0) is 11.0. The van der Waals surface area contributed by atoms with Gasteiger partial charge in [-0.3, -0.25) is 0 Å². The molecule has 0 spiro atoms. The second kappa shape index (κ2) is 7.35. The molecule has 0 radical (unpaired) electrons. The van der Waals surface area contributed by atoms with Crippen LogP contribution in [0.15, 0.2) is 0 Å². The van der Waals surface area contributed by atoms with Crippen molar-refractivity contribution in [1.29, 1.82) is 0 Å². The Bertz CT molecular complexity index is 180. The number of ether oxygens (including phenoxy) is 1. The molecule has 1 N–H and O–H groups in total. The minimum absolute atomic E-state index is 0.0891. The van der Waals surface area contributed by atoms with E-state index in [0.717, 1.165) is 19.1 Å². The molecule has 82 valence electrons. The Labute approximate surface area is 85.0 Å². The molecule has 0 rings (SSSR count). The van der Waals surface area contributed by atoms with Crippen LogP contribution in [0, 0.1) is 5.92 Å². The number of alkyl carbamates (subject to hydrolysis) is 1. The summed E-state index contributed by atoms with van der Waals surface area (Å²) in [6, 6.07) is -0.455. The molecular weight excluding hydrogens is 182 g/mol. The van der Waals surface area contributed by atoms with E-state index in [1.54, 1.807) is 0 Å². The summed E-state index contributed by atoms with van der Waals surface area (Å²) in [5.41, 5.74) is 0. The molecule has 0 aliphatic rings. The maximum absolute atomic E-state index is 11.1. The molecule has 0 saturated heterocycles. The third kappa shape index (κ3) is 5.56. The fourth-order valence-corrected chi connectivity index (χ4v) is 0.845. The Morgan fingerprint density at radius 2 is 2.14 bits per heavy atom. The van der Waals surface area contributed by atoms with Gasteiger partial charge in [-0.15, -0.1) is 0 Å². The minimum Gasteiger partial charge on any atom is -0.450 e. The fraction of sp³-hybridized carbons (Fsp3) is 0.800. The summed E-state index contributed by atoms with van der Waals surface area (Å²) in [6.07, 6.45) is 2.05. The van der Waals surface area contributed by atoms with Crippen LogP contribution < -0.4 is 5.32 Å². The smallest absolute Gasteiger partial charge is 0.407 e. The molecule has 1 unspecified atom stereocenters. The number of aldehydes is 1. The van der Waals surface area contributed by atoms with E-state index in [-0.39, 0.29) is 5.92 Å². The van der Waals surface area contributed by atoms with Crippen molar-refractivity contribution in [2.75, 3.05) is 6.61 Å². The van der Waals surface area contributed by atoms with E-state index in [0.29, 0.717) is 6.61 Å². The Kier molecular flexibility index (Phi) is 6.80. The van der Waals surface area contributed by atoms with Gasteiger partial charge in [0.25, 0.3) is 0 Å². The molecule has 0 aliphatic heterocycles. The number of nitrogens with one attached hydrogen (secondary N) is 1. The predicted molar refractivity (Wildman–Crippen MR) is 54.1 cm³/mol. The Morgan fingerprint density at radius 1 is 1.50 bits per heavy atom. The standard InChI is InChI=1S/C10H19NO3/c1-4-5-6-14-10(13)11-9(7-12)8(2)3/h7-9H,4-6H2,1-3H3,(H,11,13). The van der Waals surface area contributed by atoms with E-state index < -0.39 is 12.1 Å². The molecule has 0 fully saturated rings. The van der Waals surface area contributed by atoms with Crippen molar-refractivity contribution in [3.05, 3.63) is 0 Å². The first kappa shape index (κ1) is 12.9. The summed E-state index contributed by atoms with van der Waals surface area (Å²) in [4.78, 5) is 21.6. The topological polar surface area (TPSA) is 55.4 Å². The molecule has 0 bridgehead atoms. The van der Waals surface area contributed by atoms with Gasteiger partial charge in [-0.1, -0.05) is 27.2 Å². The lowest BCUT2D eigenvalue weighted by Crippen LogP contribution is -2.40. The zero-order valence-electron chi connectivity index (χ0n) is 9.08. The van der Waals surface area contributed by atoms with Gasteiger partial charge >= 0.3 is 6.09 Å². The minimum atomic E-state index is -0.510. The number of rotatable bonds is 6. The fourth-order valence-electron chi connectivity index (χ4n) is 0.845.